The van der Waals surface area contributed by atoms with Gasteiger partial charge in [0.25, 0.3) is 0 Å². The van der Waals surface area contributed by atoms with Crippen LogP contribution in [0.1, 0.15) is 38.3 Å². The van der Waals surface area contributed by atoms with Crippen LogP contribution in [0.2, 0.25) is 0 Å². The Morgan fingerprint density at radius 1 is 0.966 bits per heavy atom. The number of hydrogen-bond acceptors (Lipinski definition) is 4. The van der Waals surface area contributed by atoms with E-state index >= 15 is 0 Å². The van der Waals surface area contributed by atoms with Gasteiger partial charge in [0.05, 0.1) is 6.61 Å². The maximum atomic E-state index is 12.3. The highest BCUT2D eigenvalue weighted by molar-refractivity contribution is 5.76. The molecule has 2 aromatic rings. The predicted octanol–water partition coefficient (Wildman–Crippen LogP) is 4.05. The van der Waals surface area contributed by atoms with Crippen molar-refractivity contribution in [3.05, 3.63) is 59.7 Å². The molecule has 0 saturated carbocycles. The number of ether oxygens (including phenoxy) is 2. The predicted molar refractivity (Wildman–Crippen MR) is 118 cm³/mol. The molecule has 1 N–H and O–H groups in total. The van der Waals surface area contributed by atoms with Crippen molar-refractivity contribution in [3.63, 3.8) is 0 Å². The number of aryl methyl sites for hydroxylation is 1. The molecule has 0 unspecified atom stereocenters. The first-order chi connectivity index (χ1) is 14.2. The summed E-state index contributed by atoms with van der Waals surface area (Å²) in [6, 6.07) is 15.8. The van der Waals surface area contributed by atoms with Crippen molar-refractivity contribution in [1.82, 2.24) is 10.2 Å². The minimum absolute atomic E-state index is 0.0387. The van der Waals surface area contributed by atoms with Gasteiger partial charge in [-0.2, -0.15) is 0 Å². The lowest BCUT2D eigenvalue weighted by Crippen LogP contribution is -2.28. The van der Waals surface area contributed by atoms with Gasteiger partial charge in [-0.25, -0.2) is 0 Å². The second kappa shape index (κ2) is 12.8. The Balaban J connectivity index is 1.77. The van der Waals surface area contributed by atoms with Gasteiger partial charge >= 0.3 is 0 Å². The molecular weight excluding hydrogens is 364 g/mol. The second-order valence-corrected chi connectivity index (χ2v) is 6.84. The van der Waals surface area contributed by atoms with Crippen molar-refractivity contribution < 1.29 is 14.3 Å². The molecule has 0 heterocycles. The fourth-order valence-electron chi connectivity index (χ4n) is 3.07. The van der Waals surface area contributed by atoms with Gasteiger partial charge in [0.15, 0.2) is 0 Å². The number of likely N-dealkylation sites (N-methyl/N-ethyl adjacent to an activating group) is 1. The zero-order chi connectivity index (χ0) is 20.9. The number of rotatable bonds is 13. The minimum atomic E-state index is 0.0387. The van der Waals surface area contributed by atoms with Gasteiger partial charge in [-0.05, 0) is 50.2 Å². The van der Waals surface area contributed by atoms with Crippen LogP contribution in [0, 0.1) is 0 Å². The molecule has 0 aliphatic carbocycles. The van der Waals surface area contributed by atoms with Crippen LogP contribution in [0.25, 0.3) is 0 Å². The topological polar surface area (TPSA) is 50.8 Å². The number of amides is 1. The first kappa shape index (κ1) is 22.8. The first-order valence-corrected chi connectivity index (χ1v) is 10.6. The summed E-state index contributed by atoms with van der Waals surface area (Å²) >= 11 is 0. The van der Waals surface area contributed by atoms with Crippen LogP contribution in [-0.2, 0) is 17.8 Å². The smallest absolute Gasteiger partial charge is 0.220 e. The molecule has 158 valence electrons. The highest BCUT2D eigenvalue weighted by atomic mass is 16.5. The highest BCUT2D eigenvalue weighted by Crippen LogP contribution is 2.18. The number of carbonyl (C=O) groups is 1. The lowest BCUT2D eigenvalue weighted by atomic mass is 10.1. The summed E-state index contributed by atoms with van der Waals surface area (Å²) in [4.78, 5) is 14.6. The molecule has 0 fully saturated rings. The second-order valence-electron chi connectivity index (χ2n) is 6.84. The molecule has 0 aliphatic heterocycles. The fourth-order valence-corrected chi connectivity index (χ4v) is 3.07. The van der Waals surface area contributed by atoms with Crippen LogP contribution >= 0.6 is 0 Å². The lowest BCUT2D eigenvalue weighted by Gasteiger charge is -2.19. The third-order valence-corrected chi connectivity index (χ3v) is 4.88. The Hall–Kier alpha value is -2.53. The Morgan fingerprint density at radius 3 is 2.38 bits per heavy atom. The molecule has 0 aromatic heterocycles. The summed E-state index contributed by atoms with van der Waals surface area (Å²) in [6.07, 6.45) is 1.17. The third kappa shape index (κ3) is 8.16. The number of nitrogens with one attached hydrogen (secondary N) is 1. The summed E-state index contributed by atoms with van der Waals surface area (Å²) in [7, 11) is 0. The molecule has 0 spiro atoms. The van der Waals surface area contributed by atoms with Gasteiger partial charge in [0, 0.05) is 25.1 Å². The number of carbonyl (C=O) groups excluding carboxylic acids is 1. The molecule has 0 radical (unpaired) electrons. The first-order valence-electron chi connectivity index (χ1n) is 10.6. The molecule has 1 amide bonds. The largest absolute Gasteiger partial charge is 0.494 e. The molecule has 29 heavy (non-hydrogen) atoms. The van der Waals surface area contributed by atoms with E-state index in [9.17, 15) is 4.79 Å². The van der Waals surface area contributed by atoms with Gasteiger partial charge in [0.1, 0.15) is 18.1 Å². The summed E-state index contributed by atoms with van der Waals surface area (Å²) in [5.74, 6) is 1.74. The van der Waals surface area contributed by atoms with Crippen molar-refractivity contribution in [3.8, 4) is 11.5 Å². The van der Waals surface area contributed by atoms with Gasteiger partial charge in [-0.3, -0.25) is 4.79 Å². The summed E-state index contributed by atoms with van der Waals surface area (Å²) in [6.45, 7) is 11.0. The maximum Gasteiger partial charge on any atom is 0.220 e. The van der Waals surface area contributed by atoms with E-state index in [1.165, 1.54) is 0 Å². The molecule has 2 rings (SSSR count). The van der Waals surface area contributed by atoms with Crippen molar-refractivity contribution in [2.45, 2.75) is 40.2 Å². The van der Waals surface area contributed by atoms with Gasteiger partial charge in [-0.15, -0.1) is 0 Å². The van der Waals surface area contributed by atoms with E-state index in [4.69, 9.17) is 9.47 Å². The maximum absolute atomic E-state index is 12.3. The normalized spacial score (nSPS) is 10.8. The van der Waals surface area contributed by atoms with E-state index in [2.05, 4.69) is 24.1 Å². The van der Waals surface area contributed by atoms with Crippen molar-refractivity contribution in [2.75, 3.05) is 32.8 Å². The van der Waals surface area contributed by atoms with Crippen LogP contribution in [0.4, 0.5) is 0 Å². The summed E-state index contributed by atoms with van der Waals surface area (Å²) < 4.78 is 11.4. The van der Waals surface area contributed by atoms with E-state index in [-0.39, 0.29) is 5.91 Å². The Morgan fingerprint density at radius 2 is 1.69 bits per heavy atom. The number of nitrogens with zero attached hydrogens (tertiary/aromatic N) is 1. The van der Waals surface area contributed by atoms with Crippen LogP contribution in [0.15, 0.2) is 48.5 Å². The summed E-state index contributed by atoms with van der Waals surface area (Å²) in [5.41, 5.74) is 2.13. The SMILES string of the molecule is CCOc1ccc(CCC(=O)NCc2ccccc2OCCN(CC)CC)cc1. The Kier molecular flexibility index (Phi) is 10.1. The van der Waals surface area contributed by atoms with E-state index in [0.717, 1.165) is 42.3 Å². The van der Waals surface area contributed by atoms with Crippen molar-refractivity contribution in [2.24, 2.45) is 0 Å². The van der Waals surface area contributed by atoms with Crippen LogP contribution in [0.5, 0.6) is 11.5 Å². The number of hydrogen-bond donors (Lipinski definition) is 1. The van der Waals surface area contributed by atoms with Crippen LogP contribution in [0.3, 0.4) is 0 Å². The number of para-hydroxylation sites is 1. The Bertz CT molecular complexity index is 727. The standard InChI is InChI=1S/C24H34N2O3/c1-4-26(5-2)17-18-29-23-10-8-7-9-21(23)19-25-24(27)16-13-20-11-14-22(15-12-20)28-6-3/h7-12,14-15H,4-6,13,16-19H2,1-3H3,(H,25,27). The van der Waals surface area contributed by atoms with Gasteiger partial charge in [0.2, 0.25) is 5.91 Å². The molecule has 0 saturated heterocycles. The lowest BCUT2D eigenvalue weighted by molar-refractivity contribution is -0.121. The van der Waals surface area contributed by atoms with Gasteiger partial charge in [-0.1, -0.05) is 44.2 Å². The van der Waals surface area contributed by atoms with Crippen LogP contribution in [-0.4, -0.2) is 43.7 Å². The zero-order valence-corrected chi connectivity index (χ0v) is 17.9. The molecular formula is C24H34N2O3. The third-order valence-electron chi connectivity index (χ3n) is 4.88. The monoisotopic (exact) mass is 398 g/mol. The molecule has 0 bridgehead atoms. The highest BCUT2D eigenvalue weighted by Gasteiger charge is 2.07. The average molecular weight is 399 g/mol. The molecule has 0 atom stereocenters. The molecule has 5 heteroatoms. The number of benzene rings is 2. The Labute approximate surface area is 175 Å². The van der Waals surface area contributed by atoms with E-state index in [0.29, 0.717) is 32.6 Å². The zero-order valence-electron chi connectivity index (χ0n) is 17.9. The fraction of sp³-hybridized carbons (Fsp3) is 0.458. The van der Waals surface area contributed by atoms with Crippen molar-refractivity contribution >= 4 is 5.91 Å². The minimum Gasteiger partial charge on any atom is -0.494 e. The van der Waals surface area contributed by atoms with E-state index in [1.807, 2.05) is 55.5 Å². The molecule has 5 nitrogen and oxygen atoms in total. The van der Waals surface area contributed by atoms with Crippen LogP contribution < -0.4 is 14.8 Å². The van der Waals surface area contributed by atoms with Crippen molar-refractivity contribution in [1.29, 1.82) is 0 Å². The quantitative estimate of drug-likeness (QED) is 0.553. The van der Waals surface area contributed by atoms with E-state index in [1.54, 1.807) is 0 Å². The summed E-state index contributed by atoms with van der Waals surface area (Å²) in [5, 5.41) is 3.01. The average Bonchev–Trinajstić information content (AvgIpc) is 2.75. The molecule has 0 aliphatic rings. The van der Waals surface area contributed by atoms with E-state index < -0.39 is 0 Å². The molecule has 2 aromatic carbocycles. The van der Waals surface area contributed by atoms with Gasteiger partial charge < -0.3 is 19.7 Å².